The average Bonchev–Trinajstić information content (AvgIpc) is 3.15. The lowest BCUT2D eigenvalue weighted by molar-refractivity contribution is 0.0323. The summed E-state index contributed by atoms with van der Waals surface area (Å²) in [7, 11) is 3.09. The number of methoxy groups -OCH3 is 2. The van der Waals surface area contributed by atoms with Crippen molar-refractivity contribution >= 4 is 0 Å². The largest absolute Gasteiger partial charge is 0.508 e. The molecule has 0 aliphatic carbocycles. The third-order valence-electron chi connectivity index (χ3n) is 3.51. The fourth-order valence-corrected chi connectivity index (χ4v) is 2.27. The second kappa shape index (κ2) is 8.32. The minimum atomic E-state index is 0.0903. The number of phenols is 1. The molecule has 0 unspecified atom stereocenters. The molecule has 0 radical (unpaired) electrons. The van der Waals surface area contributed by atoms with Crippen molar-refractivity contribution < 1.29 is 24.1 Å². The van der Waals surface area contributed by atoms with Gasteiger partial charge >= 0.3 is 0 Å². The van der Waals surface area contributed by atoms with Crippen molar-refractivity contribution in [2.75, 3.05) is 27.8 Å². The molecule has 0 atom stereocenters. The molecule has 0 bridgehead atoms. The first-order chi connectivity index (χ1) is 12.7. The van der Waals surface area contributed by atoms with Crippen molar-refractivity contribution in [3.63, 3.8) is 0 Å². The molecule has 3 aromatic rings. The summed E-state index contributed by atoms with van der Waals surface area (Å²) in [6.45, 7) is 0.201. The van der Waals surface area contributed by atoms with Gasteiger partial charge in [0.05, 0.1) is 11.9 Å². The minimum Gasteiger partial charge on any atom is -0.508 e. The third kappa shape index (κ3) is 4.11. The number of aromatic nitrogens is 3. The predicted octanol–water partition coefficient (Wildman–Crippen LogP) is 2.61. The third-order valence-corrected chi connectivity index (χ3v) is 3.51. The Hall–Kier alpha value is -3.10. The van der Waals surface area contributed by atoms with Gasteiger partial charge in [0.25, 0.3) is 0 Å². The highest BCUT2D eigenvalue weighted by Crippen LogP contribution is 2.32. The maximum Gasteiger partial charge on any atom is 0.188 e. The van der Waals surface area contributed by atoms with Gasteiger partial charge in [-0.2, -0.15) is 0 Å². The summed E-state index contributed by atoms with van der Waals surface area (Å²) in [6, 6.07) is 12.1. The van der Waals surface area contributed by atoms with E-state index in [1.54, 1.807) is 61.5 Å². The molecule has 8 heteroatoms. The van der Waals surface area contributed by atoms with E-state index >= 15 is 0 Å². The highest BCUT2D eigenvalue weighted by Gasteiger charge is 2.11. The number of rotatable bonds is 8. The summed E-state index contributed by atoms with van der Waals surface area (Å²) in [5, 5.41) is 17.7. The molecule has 0 fully saturated rings. The van der Waals surface area contributed by atoms with Crippen LogP contribution in [0.1, 0.15) is 0 Å². The highest BCUT2D eigenvalue weighted by atomic mass is 16.7. The van der Waals surface area contributed by atoms with Crippen LogP contribution in [-0.4, -0.2) is 47.9 Å². The molecule has 0 aliphatic rings. The van der Waals surface area contributed by atoms with Gasteiger partial charge in [-0.3, -0.25) is 0 Å². The summed E-state index contributed by atoms with van der Waals surface area (Å²) in [5.74, 6) is 1.25. The zero-order valence-corrected chi connectivity index (χ0v) is 14.5. The SMILES string of the molecule is COCOc1ccc(-c2cn(-c3ccc(O)cc3)nn2)cc1OCOC. The van der Waals surface area contributed by atoms with Crippen molar-refractivity contribution in [2.45, 2.75) is 0 Å². The average molecular weight is 357 g/mol. The van der Waals surface area contributed by atoms with Crippen LogP contribution in [0.15, 0.2) is 48.7 Å². The van der Waals surface area contributed by atoms with Crippen LogP contribution < -0.4 is 9.47 Å². The molecule has 1 heterocycles. The Morgan fingerprint density at radius 2 is 1.62 bits per heavy atom. The van der Waals surface area contributed by atoms with Crippen molar-refractivity contribution in [2.24, 2.45) is 0 Å². The lowest BCUT2D eigenvalue weighted by Gasteiger charge is -2.12. The van der Waals surface area contributed by atoms with Gasteiger partial charge in [-0.1, -0.05) is 5.21 Å². The van der Waals surface area contributed by atoms with E-state index in [0.717, 1.165) is 11.3 Å². The molecule has 0 aliphatic heterocycles. The molecule has 0 saturated heterocycles. The number of phenolic OH excluding ortho intramolecular Hbond substituents is 1. The standard InChI is InChI=1S/C18H19N3O5/c1-23-11-25-17-8-3-13(9-18(17)26-12-24-2)16-10-21(20-19-16)14-4-6-15(22)7-5-14/h3-10,22H,11-12H2,1-2H3. The molecule has 8 nitrogen and oxygen atoms in total. The second-order valence-corrected chi connectivity index (χ2v) is 5.33. The van der Waals surface area contributed by atoms with Gasteiger partial charge in [-0.15, -0.1) is 5.10 Å². The molecule has 0 saturated carbocycles. The Labute approximate surface area is 150 Å². The fraction of sp³-hybridized carbons (Fsp3) is 0.222. The van der Waals surface area contributed by atoms with Gasteiger partial charge in [0.2, 0.25) is 0 Å². The monoisotopic (exact) mass is 357 g/mol. The minimum absolute atomic E-state index is 0.0903. The van der Waals surface area contributed by atoms with Crippen LogP contribution in [0, 0.1) is 0 Å². The number of aromatic hydroxyl groups is 1. The quantitative estimate of drug-likeness (QED) is 0.620. The Morgan fingerprint density at radius 3 is 2.31 bits per heavy atom. The van der Waals surface area contributed by atoms with Crippen LogP contribution in [-0.2, 0) is 9.47 Å². The Morgan fingerprint density at radius 1 is 0.923 bits per heavy atom. The lowest BCUT2D eigenvalue weighted by Crippen LogP contribution is -2.04. The summed E-state index contributed by atoms with van der Waals surface area (Å²) < 4.78 is 22.6. The van der Waals surface area contributed by atoms with Crippen molar-refractivity contribution in [1.29, 1.82) is 0 Å². The van der Waals surface area contributed by atoms with E-state index in [9.17, 15) is 5.11 Å². The maximum absolute atomic E-state index is 9.39. The van der Waals surface area contributed by atoms with Gasteiger partial charge in [0.1, 0.15) is 11.4 Å². The van der Waals surface area contributed by atoms with Crippen LogP contribution in [0.5, 0.6) is 17.2 Å². The summed E-state index contributed by atoms with van der Waals surface area (Å²) >= 11 is 0. The van der Waals surface area contributed by atoms with E-state index in [-0.39, 0.29) is 19.3 Å². The van der Waals surface area contributed by atoms with Crippen LogP contribution in [0.4, 0.5) is 0 Å². The van der Waals surface area contributed by atoms with Crippen LogP contribution in [0.3, 0.4) is 0 Å². The Kier molecular flexibility index (Phi) is 5.67. The van der Waals surface area contributed by atoms with Gasteiger partial charge in [-0.05, 0) is 42.5 Å². The van der Waals surface area contributed by atoms with E-state index in [4.69, 9.17) is 18.9 Å². The number of ether oxygens (including phenoxy) is 4. The number of hydrogen-bond acceptors (Lipinski definition) is 7. The Balaban J connectivity index is 1.87. The molecule has 1 aromatic heterocycles. The van der Waals surface area contributed by atoms with Crippen molar-refractivity contribution in [3.8, 4) is 34.2 Å². The number of hydrogen-bond donors (Lipinski definition) is 1. The van der Waals surface area contributed by atoms with Gasteiger partial charge in [-0.25, -0.2) is 4.68 Å². The zero-order chi connectivity index (χ0) is 18.4. The first kappa shape index (κ1) is 17.7. The van der Waals surface area contributed by atoms with E-state index in [1.807, 2.05) is 6.07 Å². The molecule has 3 rings (SSSR count). The summed E-state index contributed by atoms with van der Waals surface area (Å²) in [4.78, 5) is 0. The number of benzene rings is 2. The van der Waals surface area contributed by atoms with E-state index in [2.05, 4.69) is 10.3 Å². The van der Waals surface area contributed by atoms with Crippen LogP contribution >= 0.6 is 0 Å². The molecule has 0 amide bonds. The fourth-order valence-electron chi connectivity index (χ4n) is 2.27. The van der Waals surface area contributed by atoms with Crippen molar-refractivity contribution in [1.82, 2.24) is 15.0 Å². The van der Waals surface area contributed by atoms with Crippen LogP contribution in [0.2, 0.25) is 0 Å². The molecule has 0 spiro atoms. The highest BCUT2D eigenvalue weighted by molar-refractivity contribution is 5.63. The first-order valence-corrected chi connectivity index (χ1v) is 7.81. The topological polar surface area (TPSA) is 87.9 Å². The second-order valence-electron chi connectivity index (χ2n) is 5.33. The maximum atomic E-state index is 9.39. The normalized spacial score (nSPS) is 10.7. The first-order valence-electron chi connectivity index (χ1n) is 7.81. The predicted molar refractivity (Wildman–Crippen MR) is 93.5 cm³/mol. The molecule has 1 N–H and O–H groups in total. The molecular weight excluding hydrogens is 338 g/mol. The zero-order valence-electron chi connectivity index (χ0n) is 14.5. The molecule has 2 aromatic carbocycles. The van der Waals surface area contributed by atoms with E-state index in [1.165, 1.54) is 0 Å². The molecule has 136 valence electrons. The molecule has 26 heavy (non-hydrogen) atoms. The lowest BCUT2D eigenvalue weighted by atomic mass is 10.1. The van der Waals surface area contributed by atoms with Gasteiger partial charge in [0.15, 0.2) is 25.1 Å². The van der Waals surface area contributed by atoms with Crippen LogP contribution in [0.25, 0.3) is 16.9 Å². The summed E-state index contributed by atoms with van der Waals surface area (Å²) in [5.41, 5.74) is 2.27. The Bertz CT molecular complexity index is 848. The molecular formula is C18H19N3O5. The number of nitrogens with zero attached hydrogens (tertiary/aromatic N) is 3. The van der Waals surface area contributed by atoms with Gasteiger partial charge < -0.3 is 24.1 Å². The van der Waals surface area contributed by atoms with Gasteiger partial charge in [0, 0.05) is 19.8 Å². The van der Waals surface area contributed by atoms with Crippen molar-refractivity contribution in [3.05, 3.63) is 48.7 Å². The van der Waals surface area contributed by atoms with E-state index in [0.29, 0.717) is 17.2 Å². The summed E-state index contributed by atoms with van der Waals surface area (Å²) in [6.07, 6.45) is 1.79. The smallest absolute Gasteiger partial charge is 0.188 e. The van der Waals surface area contributed by atoms with E-state index < -0.39 is 0 Å².